The van der Waals surface area contributed by atoms with E-state index in [0.717, 1.165) is 18.6 Å². The first kappa shape index (κ1) is 14.6. The first-order valence-electron chi connectivity index (χ1n) is 6.74. The summed E-state index contributed by atoms with van der Waals surface area (Å²) in [7, 11) is 0. The Balaban J connectivity index is 1.78. The number of carbonyl (C=O) groups is 1. The SMILES string of the molecule is CCCOc1ccc(OC(=O)CCc2cccs2)cc1. The number of benzene rings is 1. The van der Waals surface area contributed by atoms with Crippen LogP contribution in [0, 0.1) is 0 Å². The minimum absolute atomic E-state index is 0.208. The topological polar surface area (TPSA) is 35.5 Å². The van der Waals surface area contributed by atoms with Crippen LogP contribution in [0.15, 0.2) is 41.8 Å². The minimum Gasteiger partial charge on any atom is -0.494 e. The van der Waals surface area contributed by atoms with Crippen LogP contribution >= 0.6 is 11.3 Å². The maximum atomic E-state index is 11.7. The first-order chi connectivity index (χ1) is 9.78. The fraction of sp³-hybridized carbons (Fsp3) is 0.312. The number of carbonyl (C=O) groups excluding carboxylic acids is 1. The van der Waals surface area contributed by atoms with E-state index in [0.29, 0.717) is 18.8 Å². The zero-order valence-electron chi connectivity index (χ0n) is 11.5. The lowest BCUT2D eigenvalue weighted by atomic mass is 10.2. The summed E-state index contributed by atoms with van der Waals surface area (Å²) in [6, 6.07) is 11.2. The largest absolute Gasteiger partial charge is 0.494 e. The molecule has 0 amide bonds. The van der Waals surface area contributed by atoms with E-state index in [2.05, 4.69) is 6.92 Å². The predicted octanol–water partition coefficient (Wildman–Crippen LogP) is 4.08. The molecule has 1 aromatic heterocycles. The van der Waals surface area contributed by atoms with Crippen LogP contribution in [-0.2, 0) is 11.2 Å². The Kier molecular flexibility index (Phi) is 5.62. The van der Waals surface area contributed by atoms with Gasteiger partial charge in [-0.15, -0.1) is 11.3 Å². The third-order valence-electron chi connectivity index (χ3n) is 2.68. The molecule has 1 aromatic carbocycles. The van der Waals surface area contributed by atoms with Crippen LogP contribution in [0.2, 0.25) is 0 Å². The molecule has 0 aliphatic heterocycles. The lowest BCUT2D eigenvalue weighted by Crippen LogP contribution is -2.08. The fourth-order valence-corrected chi connectivity index (χ4v) is 2.40. The van der Waals surface area contributed by atoms with Crippen LogP contribution in [0.1, 0.15) is 24.6 Å². The number of hydrogen-bond acceptors (Lipinski definition) is 4. The van der Waals surface area contributed by atoms with Gasteiger partial charge in [0.25, 0.3) is 0 Å². The van der Waals surface area contributed by atoms with Crippen molar-refractivity contribution in [1.82, 2.24) is 0 Å². The molecule has 2 rings (SSSR count). The number of esters is 1. The summed E-state index contributed by atoms with van der Waals surface area (Å²) in [6.45, 7) is 2.75. The van der Waals surface area contributed by atoms with E-state index in [1.54, 1.807) is 23.5 Å². The average Bonchev–Trinajstić information content (AvgIpc) is 2.98. The quantitative estimate of drug-likeness (QED) is 0.569. The molecule has 0 unspecified atom stereocenters. The highest BCUT2D eigenvalue weighted by atomic mass is 32.1. The first-order valence-corrected chi connectivity index (χ1v) is 7.62. The summed E-state index contributed by atoms with van der Waals surface area (Å²) in [4.78, 5) is 12.9. The summed E-state index contributed by atoms with van der Waals surface area (Å²) in [5.74, 6) is 1.15. The Labute approximate surface area is 123 Å². The molecule has 0 N–H and O–H groups in total. The molecule has 106 valence electrons. The van der Waals surface area contributed by atoms with Crippen LogP contribution in [0.4, 0.5) is 0 Å². The van der Waals surface area contributed by atoms with Crippen LogP contribution in [0.3, 0.4) is 0 Å². The average molecular weight is 290 g/mol. The van der Waals surface area contributed by atoms with E-state index in [-0.39, 0.29) is 5.97 Å². The Morgan fingerprint density at radius 1 is 1.15 bits per heavy atom. The summed E-state index contributed by atoms with van der Waals surface area (Å²) in [5.41, 5.74) is 0. The van der Waals surface area contributed by atoms with Gasteiger partial charge in [-0.1, -0.05) is 13.0 Å². The van der Waals surface area contributed by atoms with Gasteiger partial charge in [0.1, 0.15) is 11.5 Å². The van der Waals surface area contributed by atoms with Gasteiger partial charge in [0.15, 0.2) is 0 Å². The Bertz CT molecular complexity index is 517. The maximum absolute atomic E-state index is 11.7. The van der Waals surface area contributed by atoms with Crippen LogP contribution < -0.4 is 9.47 Å². The van der Waals surface area contributed by atoms with E-state index in [1.807, 2.05) is 29.6 Å². The van der Waals surface area contributed by atoms with Gasteiger partial charge in [0.2, 0.25) is 0 Å². The molecule has 0 aliphatic rings. The highest BCUT2D eigenvalue weighted by Gasteiger charge is 2.06. The molecule has 20 heavy (non-hydrogen) atoms. The van der Waals surface area contributed by atoms with E-state index in [4.69, 9.17) is 9.47 Å². The zero-order valence-corrected chi connectivity index (χ0v) is 12.3. The Hall–Kier alpha value is -1.81. The lowest BCUT2D eigenvalue weighted by molar-refractivity contribution is -0.134. The smallest absolute Gasteiger partial charge is 0.311 e. The van der Waals surface area contributed by atoms with Gasteiger partial charge in [-0.25, -0.2) is 0 Å². The molecule has 0 saturated heterocycles. The fourth-order valence-electron chi connectivity index (χ4n) is 1.69. The molecule has 0 saturated carbocycles. The molecule has 2 aromatic rings. The van der Waals surface area contributed by atoms with Gasteiger partial charge < -0.3 is 9.47 Å². The summed E-state index contributed by atoms with van der Waals surface area (Å²) < 4.78 is 10.8. The third-order valence-corrected chi connectivity index (χ3v) is 3.62. The van der Waals surface area contributed by atoms with Crippen LogP contribution in [-0.4, -0.2) is 12.6 Å². The number of aryl methyl sites for hydroxylation is 1. The van der Waals surface area contributed by atoms with Crippen molar-refractivity contribution in [3.63, 3.8) is 0 Å². The predicted molar refractivity (Wildman–Crippen MR) is 80.5 cm³/mol. The van der Waals surface area contributed by atoms with E-state index < -0.39 is 0 Å². The zero-order chi connectivity index (χ0) is 14.2. The van der Waals surface area contributed by atoms with Crippen molar-refractivity contribution in [2.24, 2.45) is 0 Å². The monoisotopic (exact) mass is 290 g/mol. The highest BCUT2D eigenvalue weighted by Crippen LogP contribution is 2.18. The van der Waals surface area contributed by atoms with Crippen molar-refractivity contribution >= 4 is 17.3 Å². The Morgan fingerprint density at radius 2 is 1.90 bits per heavy atom. The lowest BCUT2D eigenvalue weighted by Gasteiger charge is -2.06. The van der Waals surface area contributed by atoms with Gasteiger partial charge in [-0.05, 0) is 48.6 Å². The second-order valence-corrected chi connectivity index (χ2v) is 5.41. The molecule has 1 heterocycles. The molecule has 0 aliphatic carbocycles. The number of rotatable bonds is 7. The number of ether oxygens (including phenoxy) is 2. The van der Waals surface area contributed by atoms with Crippen LogP contribution in [0.5, 0.6) is 11.5 Å². The van der Waals surface area contributed by atoms with Gasteiger partial charge in [0.05, 0.1) is 13.0 Å². The van der Waals surface area contributed by atoms with Crippen molar-refractivity contribution in [1.29, 1.82) is 0 Å². The van der Waals surface area contributed by atoms with E-state index in [1.165, 1.54) is 4.88 Å². The molecule has 3 nitrogen and oxygen atoms in total. The second-order valence-electron chi connectivity index (χ2n) is 4.37. The normalized spacial score (nSPS) is 10.2. The van der Waals surface area contributed by atoms with Crippen molar-refractivity contribution in [2.75, 3.05) is 6.61 Å². The maximum Gasteiger partial charge on any atom is 0.311 e. The van der Waals surface area contributed by atoms with Gasteiger partial charge in [-0.2, -0.15) is 0 Å². The Morgan fingerprint density at radius 3 is 2.55 bits per heavy atom. The number of thiophene rings is 1. The van der Waals surface area contributed by atoms with Crippen molar-refractivity contribution < 1.29 is 14.3 Å². The molecule has 0 atom stereocenters. The third kappa shape index (κ3) is 4.70. The molecular weight excluding hydrogens is 272 g/mol. The van der Waals surface area contributed by atoms with Crippen molar-refractivity contribution in [3.8, 4) is 11.5 Å². The van der Waals surface area contributed by atoms with E-state index in [9.17, 15) is 4.79 Å². The number of hydrogen-bond donors (Lipinski definition) is 0. The molecule has 0 radical (unpaired) electrons. The summed E-state index contributed by atoms with van der Waals surface area (Å²) in [6.07, 6.45) is 2.10. The van der Waals surface area contributed by atoms with Gasteiger partial charge >= 0.3 is 5.97 Å². The molecular formula is C16H18O3S. The molecule has 4 heteroatoms. The van der Waals surface area contributed by atoms with Crippen molar-refractivity contribution in [2.45, 2.75) is 26.2 Å². The highest BCUT2D eigenvalue weighted by molar-refractivity contribution is 7.09. The standard InChI is InChI=1S/C16H18O3S/c1-2-11-18-13-5-7-14(8-6-13)19-16(17)10-9-15-4-3-12-20-15/h3-8,12H,2,9-11H2,1H3. The van der Waals surface area contributed by atoms with Crippen LogP contribution in [0.25, 0.3) is 0 Å². The van der Waals surface area contributed by atoms with Crippen molar-refractivity contribution in [3.05, 3.63) is 46.7 Å². The van der Waals surface area contributed by atoms with Gasteiger partial charge in [-0.3, -0.25) is 4.79 Å². The minimum atomic E-state index is -0.208. The molecule has 0 fully saturated rings. The van der Waals surface area contributed by atoms with E-state index >= 15 is 0 Å². The molecule has 0 spiro atoms. The summed E-state index contributed by atoms with van der Waals surface area (Å²) in [5, 5.41) is 2.01. The molecule has 0 bridgehead atoms. The van der Waals surface area contributed by atoms with Gasteiger partial charge in [0, 0.05) is 4.88 Å². The summed E-state index contributed by atoms with van der Waals surface area (Å²) >= 11 is 1.66. The second kappa shape index (κ2) is 7.70.